The van der Waals surface area contributed by atoms with Crippen molar-refractivity contribution >= 4 is 5.95 Å². The highest BCUT2D eigenvalue weighted by atomic mass is 16.5. The number of hydrogen-bond acceptors (Lipinski definition) is 4. The van der Waals surface area contributed by atoms with Gasteiger partial charge in [0.15, 0.2) is 0 Å². The van der Waals surface area contributed by atoms with Crippen LogP contribution in [0, 0.1) is 17.8 Å². The Hall–Kier alpha value is -1.32. The van der Waals surface area contributed by atoms with Crippen LogP contribution < -0.4 is 9.64 Å². The molecule has 4 heteroatoms. The largest absolute Gasteiger partial charge is 0.481 e. The van der Waals surface area contributed by atoms with E-state index in [1.54, 1.807) is 7.11 Å². The van der Waals surface area contributed by atoms with Gasteiger partial charge in [0.1, 0.15) is 0 Å². The molecule has 3 aliphatic rings. The predicted molar refractivity (Wildman–Crippen MR) is 73.3 cm³/mol. The van der Waals surface area contributed by atoms with E-state index in [2.05, 4.69) is 14.9 Å². The van der Waals surface area contributed by atoms with Crippen LogP contribution in [0.25, 0.3) is 0 Å². The highest BCUT2D eigenvalue weighted by molar-refractivity contribution is 5.37. The van der Waals surface area contributed by atoms with E-state index in [1.807, 2.05) is 12.3 Å². The third kappa shape index (κ3) is 2.17. The molecule has 2 heterocycles. The van der Waals surface area contributed by atoms with Crippen LogP contribution in [0.5, 0.6) is 5.88 Å². The highest BCUT2D eigenvalue weighted by Crippen LogP contribution is 2.49. The summed E-state index contributed by atoms with van der Waals surface area (Å²) in [6.07, 6.45) is 8.83. The first-order valence-electron chi connectivity index (χ1n) is 7.49. The van der Waals surface area contributed by atoms with Gasteiger partial charge in [0.2, 0.25) is 11.8 Å². The summed E-state index contributed by atoms with van der Waals surface area (Å²) in [5.74, 6) is 4.30. The van der Waals surface area contributed by atoms with Gasteiger partial charge in [-0.25, -0.2) is 4.98 Å². The molecule has 0 amide bonds. The minimum absolute atomic E-state index is 0.675. The first kappa shape index (κ1) is 11.5. The van der Waals surface area contributed by atoms with E-state index in [4.69, 9.17) is 4.74 Å². The van der Waals surface area contributed by atoms with E-state index in [9.17, 15) is 0 Å². The van der Waals surface area contributed by atoms with E-state index in [0.29, 0.717) is 11.9 Å². The number of anilines is 1. The molecule has 1 aromatic heterocycles. The summed E-state index contributed by atoms with van der Waals surface area (Å²) in [4.78, 5) is 11.5. The van der Waals surface area contributed by atoms with E-state index < -0.39 is 0 Å². The molecule has 0 radical (unpaired) electrons. The number of nitrogens with zero attached hydrogens (tertiary/aromatic N) is 3. The van der Waals surface area contributed by atoms with Crippen LogP contribution in [0.3, 0.4) is 0 Å². The quantitative estimate of drug-likeness (QED) is 0.832. The highest BCUT2D eigenvalue weighted by Gasteiger charge is 2.46. The van der Waals surface area contributed by atoms with Crippen molar-refractivity contribution < 1.29 is 4.74 Å². The third-order valence-electron chi connectivity index (χ3n) is 4.91. The molecule has 1 saturated heterocycles. The fourth-order valence-electron chi connectivity index (χ4n) is 3.55. The van der Waals surface area contributed by atoms with Gasteiger partial charge in [0.25, 0.3) is 0 Å². The Balaban J connectivity index is 1.59. The summed E-state index contributed by atoms with van der Waals surface area (Å²) in [7, 11) is 1.67. The monoisotopic (exact) mass is 259 g/mol. The second kappa shape index (κ2) is 4.36. The number of aromatic nitrogens is 2. The Kier molecular flexibility index (Phi) is 2.64. The van der Waals surface area contributed by atoms with Crippen molar-refractivity contribution in [3.8, 4) is 5.88 Å². The molecule has 19 heavy (non-hydrogen) atoms. The second-order valence-corrected chi connectivity index (χ2v) is 6.29. The van der Waals surface area contributed by atoms with Crippen LogP contribution in [-0.2, 0) is 0 Å². The molecule has 3 fully saturated rings. The van der Waals surface area contributed by atoms with Gasteiger partial charge in [0, 0.05) is 24.8 Å². The Morgan fingerprint density at radius 3 is 2.63 bits per heavy atom. The maximum atomic E-state index is 5.23. The molecular weight excluding hydrogens is 238 g/mol. The maximum absolute atomic E-state index is 5.23. The first-order chi connectivity index (χ1) is 9.35. The van der Waals surface area contributed by atoms with Crippen LogP contribution in [-0.4, -0.2) is 29.7 Å². The van der Waals surface area contributed by atoms with Crippen LogP contribution in [0.2, 0.25) is 0 Å². The van der Waals surface area contributed by atoms with Crippen LogP contribution in [0.15, 0.2) is 12.3 Å². The molecule has 0 bridgehead atoms. The Bertz CT molecular complexity index is 470. The molecule has 2 atom stereocenters. The lowest BCUT2D eigenvalue weighted by molar-refractivity contribution is 0.396. The Morgan fingerprint density at radius 2 is 1.95 bits per heavy atom. The summed E-state index contributed by atoms with van der Waals surface area (Å²) in [5, 5.41) is 0. The summed E-state index contributed by atoms with van der Waals surface area (Å²) in [6, 6.07) is 2.50. The van der Waals surface area contributed by atoms with Crippen molar-refractivity contribution in [1.29, 1.82) is 0 Å². The number of methoxy groups -OCH3 is 1. The lowest BCUT2D eigenvalue weighted by Crippen LogP contribution is -2.32. The molecule has 1 aliphatic heterocycles. The summed E-state index contributed by atoms with van der Waals surface area (Å²) in [5.41, 5.74) is 0. The van der Waals surface area contributed by atoms with E-state index in [0.717, 1.165) is 30.2 Å². The normalized spacial score (nSPS) is 30.7. The van der Waals surface area contributed by atoms with Crippen molar-refractivity contribution in [1.82, 2.24) is 9.97 Å². The Morgan fingerprint density at radius 1 is 1.16 bits per heavy atom. The summed E-state index contributed by atoms with van der Waals surface area (Å²) >= 11 is 0. The van der Waals surface area contributed by atoms with Gasteiger partial charge in [-0.1, -0.05) is 0 Å². The fourth-order valence-corrected chi connectivity index (χ4v) is 3.55. The van der Waals surface area contributed by atoms with Gasteiger partial charge in [-0.2, -0.15) is 4.98 Å². The molecule has 4 rings (SSSR count). The SMILES string of the molecule is COc1ccnc(N2C[C@H](C3CC3)C[C@@H]2C2CC2)n1. The first-order valence-corrected chi connectivity index (χ1v) is 7.49. The molecule has 0 spiro atoms. The lowest BCUT2D eigenvalue weighted by Gasteiger charge is -2.24. The topological polar surface area (TPSA) is 38.2 Å². The molecule has 2 saturated carbocycles. The zero-order valence-corrected chi connectivity index (χ0v) is 11.5. The predicted octanol–water partition coefficient (Wildman–Crippen LogP) is 2.50. The minimum atomic E-state index is 0.675. The van der Waals surface area contributed by atoms with Crippen molar-refractivity contribution in [2.24, 2.45) is 17.8 Å². The summed E-state index contributed by atoms with van der Waals surface area (Å²) in [6.45, 7) is 1.15. The van der Waals surface area contributed by atoms with E-state index in [1.165, 1.54) is 32.1 Å². The number of ether oxygens (including phenoxy) is 1. The van der Waals surface area contributed by atoms with Gasteiger partial charge < -0.3 is 9.64 Å². The molecule has 2 aliphatic carbocycles. The Labute approximate surface area is 114 Å². The van der Waals surface area contributed by atoms with Crippen molar-refractivity contribution in [2.45, 2.75) is 38.1 Å². The van der Waals surface area contributed by atoms with Crippen molar-refractivity contribution in [3.05, 3.63) is 12.3 Å². The lowest BCUT2D eigenvalue weighted by atomic mass is 9.98. The average molecular weight is 259 g/mol. The van der Waals surface area contributed by atoms with Crippen molar-refractivity contribution in [3.63, 3.8) is 0 Å². The van der Waals surface area contributed by atoms with Gasteiger partial charge in [-0.15, -0.1) is 0 Å². The maximum Gasteiger partial charge on any atom is 0.228 e. The van der Waals surface area contributed by atoms with E-state index >= 15 is 0 Å². The van der Waals surface area contributed by atoms with Gasteiger partial charge in [-0.05, 0) is 49.9 Å². The second-order valence-electron chi connectivity index (χ2n) is 6.29. The molecule has 0 unspecified atom stereocenters. The summed E-state index contributed by atoms with van der Waals surface area (Å²) < 4.78 is 5.23. The minimum Gasteiger partial charge on any atom is -0.481 e. The molecular formula is C15H21N3O. The van der Waals surface area contributed by atoms with E-state index in [-0.39, 0.29) is 0 Å². The number of rotatable bonds is 4. The standard InChI is InChI=1S/C15H21N3O/c1-19-14-6-7-16-15(17-14)18-9-12(10-2-3-10)8-13(18)11-4-5-11/h6-7,10-13H,2-5,8-9H2,1H3/t12-,13-/m1/s1. The zero-order chi connectivity index (χ0) is 12.8. The molecule has 0 aromatic carbocycles. The molecule has 102 valence electrons. The molecule has 0 N–H and O–H groups in total. The van der Waals surface area contributed by atoms with Crippen LogP contribution in [0.4, 0.5) is 5.95 Å². The smallest absolute Gasteiger partial charge is 0.228 e. The number of hydrogen-bond donors (Lipinski definition) is 0. The zero-order valence-electron chi connectivity index (χ0n) is 11.5. The van der Waals surface area contributed by atoms with Gasteiger partial charge in [-0.3, -0.25) is 0 Å². The van der Waals surface area contributed by atoms with Crippen LogP contribution in [0.1, 0.15) is 32.1 Å². The van der Waals surface area contributed by atoms with Gasteiger partial charge in [0.05, 0.1) is 7.11 Å². The van der Waals surface area contributed by atoms with Crippen molar-refractivity contribution in [2.75, 3.05) is 18.6 Å². The third-order valence-corrected chi connectivity index (χ3v) is 4.91. The molecule has 1 aromatic rings. The molecule has 4 nitrogen and oxygen atoms in total. The average Bonchev–Trinajstić information content (AvgIpc) is 3.37. The fraction of sp³-hybridized carbons (Fsp3) is 0.733. The van der Waals surface area contributed by atoms with Crippen LogP contribution >= 0.6 is 0 Å². The van der Waals surface area contributed by atoms with Gasteiger partial charge >= 0.3 is 0 Å².